The Hall–Kier alpha value is -2.55. The molecule has 1 aromatic heterocycles. The average Bonchev–Trinajstić information content (AvgIpc) is 3.25. The van der Waals surface area contributed by atoms with Crippen LogP contribution in [-0.4, -0.2) is 31.1 Å². The number of carbonyl (C=O) groups is 2. The molecular formula is C21H23F3N2O3S. The van der Waals surface area contributed by atoms with Crippen LogP contribution in [-0.2, 0) is 9.59 Å². The van der Waals surface area contributed by atoms with Crippen molar-refractivity contribution < 1.29 is 27.5 Å². The van der Waals surface area contributed by atoms with E-state index < -0.39 is 24.0 Å². The lowest BCUT2D eigenvalue weighted by atomic mass is 9.95. The molecule has 1 aromatic carbocycles. The van der Waals surface area contributed by atoms with Gasteiger partial charge in [-0.3, -0.25) is 14.5 Å². The van der Waals surface area contributed by atoms with Crippen LogP contribution in [0.25, 0.3) is 0 Å². The number of nitrogens with zero attached hydrogens (tertiary/aromatic N) is 1. The molecule has 0 radical (unpaired) electrons. The number of amides is 2. The summed E-state index contributed by atoms with van der Waals surface area (Å²) in [5, 5.41) is 4.54. The first-order valence-electron chi connectivity index (χ1n) is 9.69. The second-order valence-electron chi connectivity index (χ2n) is 7.13. The van der Waals surface area contributed by atoms with E-state index in [0.29, 0.717) is 15.5 Å². The summed E-state index contributed by atoms with van der Waals surface area (Å²) in [6.45, 7) is 0. The third-order valence-electron chi connectivity index (χ3n) is 5.08. The number of hydrogen-bond acceptors (Lipinski definition) is 4. The molecule has 1 saturated carbocycles. The zero-order valence-electron chi connectivity index (χ0n) is 16.4. The van der Waals surface area contributed by atoms with E-state index in [-0.39, 0.29) is 11.7 Å². The van der Waals surface area contributed by atoms with Gasteiger partial charge in [0.25, 0.3) is 0 Å². The van der Waals surface area contributed by atoms with Crippen molar-refractivity contribution >= 4 is 28.8 Å². The minimum Gasteiger partial charge on any atom is -0.497 e. The van der Waals surface area contributed by atoms with Gasteiger partial charge >= 0.3 is 12.1 Å². The highest BCUT2D eigenvalue weighted by Crippen LogP contribution is 2.35. The molecule has 0 spiro atoms. The van der Waals surface area contributed by atoms with Crippen molar-refractivity contribution in [2.45, 2.75) is 50.4 Å². The van der Waals surface area contributed by atoms with Gasteiger partial charge in [0.2, 0.25) is 5.91 Å². The summed E-state index contributed by atoms with van der Waals surface area (Å²) in [7, 11) is 1.43. The van der Waals surface area contributed by atoms with Gasteiger partial charge in [-0.1, -0.05) is 25.3 Å². The van der Waals surface area contributed by atoms with E-state index in [1.807, 2.05) is 0 Å². The van der Waals surface area contributed by atoms with E-state index >= 15 is 0 Å². The maximum absolute atomic E-state index is 13.5. The van der Waals surface area contributed by atoms with Crippen molar-refractivity contribution in [2.24, 2.45) is 0 Å². The molecule has 5 nitrogen and oxygen atoms in total. The Kier molecular flexibility index (Phi) is 7.02. The van der Waals surface area contributed by atoms with Crippen LogP contribution in [0.4, 0.5) is 18.9 Å². The third kappa shape index (κ3) is 5.13. The number of hydrogen-bond donors (Lipinski definition) is 1. The van der Waals surface area contributed by atoms with Gasteiger partial charge in [-0.2, -0.15) is 13.2 Å². The molecular weight excluding hydrogens is 417 g/mol. The lowest BCUT2D eigenvalue weighted by Gasteiger charge is -2.33. The fourth-order valence-electron chi connectivity index (χ4n) is 3.61. The zero-order chi connectivity index (χ0) is 21.7. The van der Waals surface area contributed by atoms with Crippen molar-refractivity contribution in [3.8, 4) is 5.75 Å². The summed E-state index contributed by atoms with van der Waals surface area (Å²) in [5.74, 6) is -2.28. The van der Waals surface area contributed by atoms with Gasteiger partial charge in [0.15, 0.2) is 6.04 Å². The molecule has 1 atom stereocenters. The van der Waals surface area contributed by atoms with Gasteiger partial charge < -0.3 is 10.1 Å². The molecule has 2 amide bonds. The fourth-order valence-corrected chi connectivity index (χ4v) is 4.42. The first kappa shape index (κ1) is 22.1. The Morgan fingerprint density at radius 1 is 1.13 bits per heavy atom. The standard InChI is InChI=1S/C21H23F3N2O3S/c1-29-16-11-9-15(10-12-16)26(20(28)21(22,23)24)18(17-8-5-13-30-17)19(27)25-14-6-3-2-4-7-14/h5,8-14,18H,2-4,6-7H2,1H3,(H,25,27)/t18-/m0/s1. The SMILES string of the molecule is COc1ccc(N(C(=O)C(F)(F)F)[C@H](C(=O)NC2CCCCC2)c2cccs2)cc1. The molecule has 3 rings (SSSR count). The van der Waals surface area contributed by atoms with Gasteiger partial charge in [0.05, 0.1) is 7.11 Å². The summed E-state index contributed by atoms with van der Waals surface area (Å²) < 4.78 is 45.6. The Morgan fingerprint density at radius 3 is 2.33 bits per heavy atom. The number of ether oxygens (including phenoxy) is 1. The van der Waals surface area contributed by atoms with Gasteiger partial charge in [0, 0.05) is 16.6 Å². The predicted molar refractivity (Wildman–Crippen MR) is 109 cm³/mol. The van der Waals surface area contributed by atoms with Gasteiger partial charge in [-0.05, 0) is 48.6 Å². The average molecular weight is 440 g/mol. The van der Waals surface area contributed by atoms with Crippen LogP contribution in [0.1, 0.15) is 43.0 Å². The number of benzene rings is 1. The van der Waals surface area contributed by atoms with Crippen LogP contribution in [0.3, 0.4) is 0 Å². The minimum atomic E-state index is -5.14. The van der Waals surface area contributed by atoms with Crippen LogP contribution >= 0.6 is 11.3 Å². The molecule has 0 saturated heterocycles. The highest BCUT2D eigenvalue weighted by Gasteiger charge is 2.47. The summed E-state index contributed by atoms with van der Waals surface area (Å²) in [6, 6.07) is 7.28. The molecule has 30 heavy (non-hydrogen) atoms. The molecule has 0 aliphatic heterocycles. The molecule has 162 valence electrons. The number of rotatable bonds is 6. The van der Waals surface area contributed by atoms with E-state index in [0.717, 1.165) is 43.4 Å². The third-order valence-corrected chi connectivity index (χ3v) is 6.01. The van der Waals surface area contributed by atoms with Crippen LogP contribution in [0.2, 0.25) is 0 Å². The van der Waals surface area contributed by atoms with E-state index in [1.165, 1.54) is 31.4 Å². The van der Waals surface area contributed by atoms with E-state index in [1.54, 1.807) is 17.5 Å². The van der Waals surface area contributed by atoms with Crippen molar-refractivity contribution in [1.82, 2.24) is 5.32 Å². The Balaban J connectivity index is 2.01. The number of methoxy groups -OCH3 is 1. The molecule has 1 aliphatic rings. The maximum Gasteiger partial charge on any atom is 0.471 e. The highest BCUT2D eigenvalue weighted by molar-refractivity contribution is 7.10. The summed E-state index contributed by atoms with van der Waals surface area (Å²) in [4.78, 5) is 26.5. The highest BCUT2D eigenvalue weighted by atomic mass is 32.1. The normalized spacial score (nSPS) is 16.0. The predicted octanol–water partition coefficient (Wildman–Crippen LogP) is 4.84. The van der Waals surface area contributed by atoms with Crippen molar-refractivity contribution in [3.05, 3.63) is 46.7 Å². The Labute approximate surface area is 176 Å². The van der Waals surface area contributed by atoms with Gasteiger partial charge in [0.1, 0.15) is 5.75 Å². The topological polar surface area (TPSA) is 58.6 Å². The quantitative estimate of drug-likeness (QED) is 0.699. The van der Waals surface area contributed by atoms with E-state index in [9.17, 15) is 22.8 Å². The van der Waals surface area contributed by atoms with Crippen LogP contribution < -0.4 is 15.0 Å². The fraction of sp³-hybridized carbons (Fsp3) is 0.429. The van der Waals surface area contributed by atoms with Gasteiger partial charge in [-0.15, -0.1) is 11.3 Å². The lowest BCUT2D eigenvalue weighted by Crippen LogP contribution is -2.50. The lowest BCUT2D eigenvalue weighted by molar-refractivity contribution is -0.171. The Bertz CT molecular complexity index is 847. The molecule has 1 fully saturated rings. The Morgan fingerprint density at radius 2 is 1.80 bits per heavy atom. The number of nitrogens with one attached hydrogen (secondary N) is 1. The zero-order valence-corrected chi connectivity index (χ0v) is 17.3. The minimum absolute atomic E-state index is 0.0321. The second kappa shape index (κ2) is 9.51. The number of carbonyl (C=O) groups excluding carboxylic acids is 2. The summed E-state index contributed by atoms with van der Waals surface area (Å²) >= 11 is 1.13. The first-order chi connectivity index (χ1) is 14.3. The van der Waals surface area contributed by atoms with Crippen LogP contribution in [0.5, 0.6) is 5.75 Å². The van der Waals surface area contributed by atoms with Gasteiger partial charge in [-0.25, -0.2) is 0 Å². The number of alkyl halides is 3. The number of halogens is 3. The summed E-state index contributed by atoms with van der Waals surface area (Å²) in [5.41, 5.74) is -0.0321. The largest absolute Gasteiger partial charge is 0.497 e. The van der Waals surface area contributed by atoms with E-state index in [4.69, 9.17) is 4.74 Å². The van der Waals surface area contributed by atoms with Crippen molar-refractivity contribution in [3.63, 3.8) is 0 Å². The molecule has 9 heteroatoms. The smallest absolute Gasteiger partial charge is 0.471 e. The summed E-state index contributed by atoms with van der Waals surface area (Å²) in [6.07, 6.45) is -0.598. The number of anilines is 1. The number of thiophene rings is 1. The van der Waals surface area contributed by atoms with Crippen LogP contribution in [0, 0.1) is 0 Å². The first-order valence-corrected chi connectivity index (χ1v) is 10.6. The molecule has 1 heterocycles. The van der Waals surface area contributed by atoms with Crippen molar-refractivity contribution in [2.75, 3.05) is 12.0 Å². The van der Waals surface area contributed by atoms with E-state index in [2.05, 4.69) is 5.32 Å². The molecule has 0 unspecified atom stereocenters. The van der Waals surface area contributed by atoms with Crippen LogP contribution in [0.15, 0.2) is 41.8 Å². The molecule has 0 bridgehead atoms. The maximum atomic E-state index is 13.5. The molecule has 1 N–H and O–H groups in total. The molecule has 2 aromatic rings. The second-order valence-corrected chi connectivity index (χ2v) is 8.11. The molecule has 1 aliphatic carbocycles. The van der Waals surface area contributed by atoms with Crippen molar-refractivity contribution in [1.29, 1.82) is 0 Å². The monoisotopic (exact) mass is 440 g/mol.